The summed E-state index contributed by atoms with van der Waals surface area (Å²) >= 11 is 1.40. The molecule has 7 heteroatoms. The molecule has 2 rings (SSSR count). The Bertz CT molecular complexity index is 566. The molecule has 0 aromatic carbocycles. The maximum absolute atomic E-state index is 11.9. The van der Waals surface area contributed by atoms with Crippen molar-refractivity contribution in [3.05, 3.63) is 21.4 Å². The predicted molar refractivity (Wildman–Crippen MR) is 76.9 cm³/mol. The number of aryl methyl sites for hydroxylation is 1. The summed E-state index contributed by atoms with van der Waals surface area (Å²) in [5.41, 5.74) is 1.13. The van der Waals surface area contributed by atoms with Crippen LogP contribution < -0.4 is 5.32 Å². The van der Waals surface area contributed by atoms with E-state index in [1.165, 1.54) is 18.4 Å². The summed E-state index contributed by atoms with van der Waals surface area (Å²) < 4.78 is 4.58. The summed E-state index contributed by atoms with van der Waals surface area (Å²) in [5, 5.41) is 11.4. The van der Waals surface area contributed by atoms with Gasteiger partial charge in [0.05, 0.1) is 18.4 Å². The number of hydrogen-bond acceptors (Lipinski definition) is 5. The first-order valence-electron chi connectivity index (χ1n) is 6.70. The minimum Gasteiger partial charge on any atom is -0.481 e. The lowest BCUT2D eigenvalue weighted by molar-refractivity contribution is -0.136. The Hall–Kier alpha value is -1.89. The summed E-state index contributed by atoms with van der Waals surface area (Å²) in [5.74, 6) is -1.10. The monoisotopic (exact) mass is 311 g/mol. The van der Waals surface area contributed by atoms with Gasteiger partial charge in [0, 0.05) is 23.8 Å². The molecule has 0 spiro atoms. The molecule has 0 radical (unpaired) electrons. The number of nitrogens with one attached hydrogen (secondary N) is 1. The average Bonchev–Trinajstić information content (AvgIpc) is 2.87. The van der Waals surface area contributed by atoms with Crippen LogP contribution in [0.25, 0.3) is 0 Å². The molecule has 21 heavy (non-hydrogen) atoms. The van der Waals surface area contributed by atoms with Crippen LogP contribution in [-0.2, 0) is 22.4 Å². The van der Waals surface area contributed by atoms with Crippen molar-refractivity contribution < 1.29 is 24.2 Å². The molecule has 1 amide bonds. The van der Waals surface area contributed by atoms with E-state index in [4.69, 9.17) is 5.11 Å². The molecule has 0 saturated heterocycles. The van der Waals surface area contributed by atoms with Crippen molar-refractivity contribution in [3.63, 3.8) is 0 Å². The van der Waals surface area contributed by atoms with Gasteiger partial charge in [-0.05, 0) is 24.5 Å². The van der Waals surface area contributed by atoms with Crippen molar-refractivity contribution >= 4 is 29.2 Å². The van der Waals surface area contributed by atoms with Gasteiger partial charge >= 0.3 is 12.1 Å². The predicted octanol–water partition coefficient (Wildman–Crippen LogP) is 2.01. The van der Waals surface area contributed by atoms with Gasteiger partial charge in [0.1, 0.15) is 0 Å². The number of carbonyl (C=O) groups excluding carboxylic acids is 2. The Morgan fingerprint density at radius 3 is 2.86 bits per heavy atom. The molecule has 1 aliphatic carbocycles. The number of ether oxygens (including phenoxy) is 1. The molecule has 1 aromatic heterocycles. The number of aliphatic carboxylic acids is 1. The Morgan fingerprint density at radius 1 is 1.43 bits per heavy atom. The maximum atomic E-state index is 11.9. The number of rotatable bonds is 5. The van der Waals surface area contributed by atoms with E-state index >= 15 is 0 Å². The van der Waals surface area contributed by atoms with Gasteiger partial charge in [-0.3, -0.25) is 9.59 Å². The number of Topliss-reactive ketones (excluding diaryl/α,β-unsaturated/α-hetero) is 1. The van der Waals surface area contributed by atoms with Crippen molar-refractivity contribution in [2.75, 3.05) is 7.11 Å². The largest absolute Gasteiger partial charge is 0.481 e. The Balaban J connectivity index is 2.00. The molecular weight excluding hydrogens is 294 g/mol. The number of ketones is 1. The SMILES string of the molecule is COC(=O)NC1CCc2cc(C(=O)CCC(=O)O)sc2C1. The van der Waals surface area contributed by atoms with Gasteiger partial charge < -0.3 is 15.2 Å². The van der Waals surface area contributed by atoms with Crippen molar-refractivity contribution in [1.82, 2.24) is 5.32 Å². The van der Waals surface area contributed by atoms with Gasteiger partial charge in [-0.2, -0.15) is 0 Å². The molecule has 1 atom stereocenters. The Labute approximate surface area is 126 Å². The van der Waals surface area contributed by atoms with Crippen molar-refractivity contribution in [3.8, 4) is 0 Å². The molecular formula is C14H17NO5S. The maximum Gasteiger partial charge on any atom is 0.407 e. The molecule has 1 aliphatic rings. The first-order valence-corrected chi connectivity index (χ1v) is 7.52. The molecule has 2 N–H and O–H groups in total. The fourth-order valence-electron chi connectivity index (χ4n) is 2.34. The topological polar surface area (TPSA) is 92.7 Å². The molecule has 6 nitrogen and oxygen atoms in total. The summed E-state index contributed by atoms with van der Waals surface area (Å²) in [6.45, 7) is 0. The zero-order valence-electron chi connectivity index (χ0n) is 11.7. The molecule has 0 saturated carbocycles. The minimum absolute atomic E-state index is 0.0190. The first kappa shape index (κ1) is 15.5. The molecule has 1 unspecified atom stereocenters. The van der Waals surface area contributed by atoms with E-state index in [-0.39, 0.29) is 24.7 Å². The summed E-state index contributed by atoms with van der Waals surface area (Å²) in [7, 11) is 1.33. The second kappa shape index (κ2) is 6.71. The summed E-state index contributed by atoms with van der Waals surface area (Å²) in [4.78, 5) is 35.3. The molecule has 0 fully saturated rings. The molecule has 0 aliphatic heterocycles. The van der Waals surface area contributed by atoms with Crippen LogP contribution in [0.4, 0.5) is 4.79 Å². The quantitative estimate of drug-likeness (QED) is 0.811. The van der Waals surface area contributed by atoms with Gasteiger partial charge in [-0.1, -0.05) is 0 Å². The Kier molecular flexibility index (Phi) is 4.95. The number of fused-ring (bicyclic) bond motifs is 1. The number of hydrogen-bond donors (Lipinski definition) is 2. The van der Waals surface area contributed by atoms with Crippen LogP contribution in [0.2, 0.25) is 0 Å². The van der Waals surface area contributed by atoms with Crippen LogP contribution in [0.15, 0.2) is 6.07 Å². The highest BCUT2D eigenvalue weighted by molar-refractivity contribution is 7.14. The minimum atomic E-state index is -0.966. The van der Waals surface area contributed by atoms with Gasteiger partial charge in [-0.15, -0.1) is 11.3 Å². The van der Waals surface area contributed by atoms with Gasteiger partial charge in [0.2, 0.25) is 0 Å². The van der Waals surface area contributed by atoms with Crippen LogP contribution in [-0.4, -0.2) is 36.1 Å². The number of carbonyl (C=O) groups is 3. The molecule has 114 valence electrons. The van der Waals surface area contributed by atoms with E-state index in [2.05, 4.69) is 10.1 Å². The number of alkyl carbamates (subject to hydrolysis) is 1. The highest BCUT2D eigenvalue weighted by Crippen LogP contribution is 2.30. The number of thiophene rings is 1. The van der Waals surface area contributed by atoms with E-state index in [0.717, 1.165) is 23.3 Å². The van der Waals surface area contributed by atoms with Gasteiger partial charge in [-0.25, -0.2) is 4.79 Å². The van der Waals surface area contributed by atoms with Crippen molar-refractivity contribution in [1.29, 1.82) is 0 Å². The molecule has 0 bridgehead atoms. The third kappa shape index (κ3) is 4.04. The third-order valence-corrected chi connectivity index (χ3v) is 4.68. The second-order valence-corrected chi connectivity index (χ2v) is 6.09. The van der Waals surface area contributed by atoms with Crippen molar-refractivity contribution in [2.45, 2.75) is 38.1 Å². The normalized spacial score (nSPS) is 16.9. The van der Waals surface area contributed by atoms with E-state index in [1.807, 2.05) is 6.07 Å². The lowest BCUT2D eigenvalue weighted by Crippen LogP contribution is -2.38. The van der Waals surface area contributed by atoms with E-state index in [1.54, 1.807) is 0 Å². The highest BCUT2D eigenvalue weighted by atomic mass is 32.1. The standard InChI is InChI=1S/C14H17NO5S/c1-20-14(19)15-9-3-2-8-6-12(21-11(8)7-9)10(16)4-5-13(17)18/h6,9H,2-5,7H2,1H3,(H,15,19)(H,17,18). The van der Waals surface area contributed by atoms with Crippen LogP contribution >= 0.6 is 11.3 Å². The number of carboxylic acid groups (broad SMARTS) is 1. The highest BCUT2D eigenvalue weighted by Gasteiger charge is 2.24. The molecule has 1 aromatic rings. The van der Waals surface area contributed by atoms with Crippen molar-refractivity contribution in [2.24, 2.45) is 0 Å². The van der Waals surface area contributed by atoms with Crippen LogP contribution in [0.5, 0.6) is 0 Å². The summed E-state index contributed by atoms with van der Waals surface area (Å²) in [6.07, 6.45) is 1.72. The smallest absolute Gasteiger partial charge is 0.407 e. The second-order valence-electron chi connectivity index (χ2n) is 4.95. The Morgan fingerprint density at radius 2 is 2.19 bits per heavy atom. The zero-order chi connectivity index (χ0) is 15.4. The van der Waals surface area contributed by atoms with Crippen LogP contribution in [0.1, 0.15) is 39.4 Å². The number of methoxy groups -OCH3 is 1. The summed E-state index contributed by atoms with van der Waals surface area (Å²) in [6, 6.07) is 1.88. The van der Waals surface area contributed by atoms with E-state index < -0.39 is 12.1 Å². The fraction of sp³-hybridized carbons (Fsp3) is 0.500. The number of amides is 1. The number of carboxylic acids is 1. The fourth-order valence-corrected chi connectivity index (χ4v) is 3.60. The lowest BCUT2D eigenvalue weighted by atomic mass is 9.94. The van der Waals surface area contributed by atoms with Gasteiger partial charge in [0.25, 0.3) is 0 Å². The first-order chi connectivity index (χ1) is 9.99. The third-order valence-electron chi connectivity index (χ3n) is 3.44. The van der Waals surface area contributed by atoms with E-state index in [9.17, 15) is 14.4 Å². The van der Waals surface area contributed by atoms with Crippen LogP contribution in [0, 0.1) is 0 Å². The average molecular weight is 311 g/mol. The van der Waals surface area contributed by atoms with Crippen LogP contribution in [0.3, 0.4) is 0 Å². The van der Waals surface area contributed by atoms with Gasteiger partial charge in [0.15, 0.2) is 5.78 Å². The lowest BCUT2D eigenvalue weighted by Gasteiger charge is -2.22. The van der Waals surface area contributed by atoms with E-state index in [0.29, 0.717) is 11.3 Å². The zero-order valence-corrected chi connectivity index (χ0v) is 12.5. The molecule has 1 heterocycles.